The quantitative estimate of drug-likeness (QED) is 0.887. The number of hydrogen-bond acceptors (Lipinski definition) is 5. The number of carboxylic acid groups (broad SMARTS) is 1. The first kappa shape index (κ1) is 17.2. The second-order valence-electron chi connectivity index (χ2n) is 6.71. The number of anilines is 3. The number of aliphatic carboxylic acids is 1. The van der Waals surface area contributed by atoms with Crippen LogP contribution in [0.25, 0.3) is 0 Å². The average Bonchev–Trinajstić information content (AvgIpc) is 2.58. The lowest BCUT2D eigenvalue weighted by atomic mass is 9.97. The second kappa shape index (κ2) is 7.09. The van der Waals surface area contributed by atoms with Crippen molar-refractivity contribution in [2.24, 2.45) is 5.92 Å². The van der Waals surface area contributed by atoms with E-state index in [1.54, 1.807) is 0 Å². The number of carbonyl (C=O) groups is 1. The predicted octanol–water partition coefficient (Wildman–Crippen LogP) is 3.45. The summed E-state index contributed by atoms with van der Waals surface area (Å²) in [6.07, 6.45) is 1.30. The minimum Gasteiger partial charge on any atom is -0.481 e. The molecule has 6 nitrogen and oxygen atoms in total. The molecule has 1 aromatic carbocycles. The van der Waals surface area contributed by atoms with Crippen LogP contribution in [0.3, 0.4) is 0 Å². The Morgan fingerprint density at radius 1 is 1.12 bits per heavy atom. The Morgan fingerprint density at radius 3 is 2.48 bits per heavy atom. The van der Waals surface area contributed by atoms with E-state index in [4.69, 9.17) is 5.11 Å². The van der Waals surface area contributed by atoms with Crippen molar-refractivity contribution in [1.82, 2.24) is 9.97 Å². The highest BCUT2D eigenvalue weighted by molar-refractivity contribution is 5.70. The van der Waals surface area contributed by atoms with Crippen molar-refractivity contribution in [3.63, 3.8) is 0 Å². The van der Waals surface area contributed by atoms with Crippen LogP contribution < -0.4 is 10.2 Å². The number of aryl methyl sites for hydroxylation is 3. The van der Waals surface area contributed by atoms with Gasteiger partial charge in [0.1, 0.15) is 5.82 Å². The number of nitrogens with zero attached hydrogens (tertiary/aromatic N) is 3. The molecule has 0 bridgehead atoms. The normalized spacial score (nSPS) is 15.2. The number of carboxylic acids is 1. The zero-order chi connectivity index (χ0) is 18.0. The molecule has 2 heterocycles. The number of rotatable bonds is 4. The third-order valence-electron chi connectivity index (χ3n) is 4.77. The first-order valence-corrected chi connectivity index (χ1v) is 8.60. The van der Waals surface area contributed by atoms with Crippen LogP contribution in [0, 0.1) is 26.7 Å². The van der Waals surface area contributed by atoms with E-state index < -0.39 is 5.97 Å². The Labute approximate surface area is 147 Å². The summed E-state index contributed by atoms with van der Waals surface area (Å²) < 4.78 is 0. The molecule has 6 heteroatoms. The van der Waals surface area contributed by atoms with Crippen LogP contribution in [0.1, 0.15) is 29.7 Å². The molecule has 25 heavy (non-hydrogen) atoms. The van der Waals surface area contributed by atoms with Gasteiger partial charge in [0, 0.05) is 30.5 Å². The van der Waals surface area contributed by atoms with E-state index in [1.165, 1.54) is 11.1 Å². The average molecular weight is 340 g/mol. The highest BCUT2D eigenvalue weighted by Gasteiger charge is 2.25. The van der Waals surface area contributed by atoms with Crippen LogP contribution in [0.15, 0.2) is 24.3 Å². The van der Waals surface area contributed by atoms with Gasteiger partial charge in [-0.3, -0.25) is 4.79 Å². The van der Waals surface area contributed by atoms with Crippen molar-refractivity contribution < 1.29 is 9.90 Å². The molecule has 1 saturated heterocycles. The van der Waals surface area contributed by atoms with Crippen LogP contribution in [0.2, 0.25) is 0 Å². The third kappa shape index (κ3) is 4.07. The lowest BCUT2D eigenvalue weighted by Gasteiger charge is -2.31. The summed E-state index contributed by atoms with van der Waals surface area (Å²) in [5, 5.41) is 12.4. The monoisotopic (exact) mass is 340 g/mol. The van der Waals surface area contributed by atoms with Gasteiger partial charge in [0.15, 0.2) is 0 Å². The Morgan fingerprint density at radius 2 is 1.84 bits per heavy atom. The topological polar surface area (TPSA) is 78.4 Å². The Kier molecular flexibility index (Phi) is 4.88. The van der Waals surface area contributed by atoms with E-state index in [0.29, 0.717) is 31.9 Å². The molecule has 3 rings (SSSR count). The van der Waals surface area contributed by atoms with Gasteiger partial charge in [-0.25, -0.2) is 4.98 Å². The van der Waals surface area contributed by atoms with Crippen LogP contribution in [-0.4, -0.2) is 34.1 Å². The Bertz CT molecular complexity index is 783. The molecular weight excluding hydrogens is 316 g/mol. The first-order valence-electron chi connectivity index (χ1n) is 8.60. The smallest absolute Gasteiger partial charge is 0.306 e. The van der Waals surface area contributed by atoms with E-state index >= 15 is 0 Å². The van der Waals surface area contributed by atoms with Crippen molar-refractivity contribution in [2.75, 3.05) is 23.3 Å². The standard InChI is InChI=1S/C19H24N4O2/c1-12-4-5-16(10-13(12)2)21-19-20-14(3)11-17(22-19)23-8-6-15(7-9-23)18(24)25/h4-5,10-11,15H,6-9H2,1-3H3,(H,24,25)(H,20,21,22). The number of hydrogen-bond donors (Lipinski definition) is 2. The highest BCUT2D eigenvalue weighted by Crippen LogP contribution is 2.24. The molecule has 132 valence electrons. The Balaban J connectivity index is 1.76. The van der Waals surface area contributed by atoms with Gasteiger partial charge in [0.2, 0.25) is 5.95 Å². The summed E-state index contributed by atoms with van der Waals surface area (Å²) in [7, 11) is 0. The van der Waals surface area contributed by atoms with Gasteiger partial charge in [0.05, 0.1) is 5.92 Å². The maximum Gasteiger partial charge on any atom is 0.306 e. The van der Waals surface area contributed by atoms with E-state index in [2.05, 4.69) is 46.2 Å². The molecule has 0 unspecified atom stereocenters. The van der Waals surface area contributed by atoms with Crippen LogP contribution >= 0.6 is 0 Å². The zero-order valence-electron chi connectivity index (χ0n) is 14.9. The minimum absolute atomic E-state index is 0.243. The Hall–Kier alpha value is -2.63. The molecule has 0 amide bonds. The summed E-state index contributed by atoms with van der Waals surface area (Å²) in [5.41, 5.74) is 4.31. The van der Waals surface area contributed by atoms with E-state index in [9.17, 15) is 4.79 Å². The van der Waals surface area contributed by atoms with E-state index in [1.807, 2.05) is 19.1 Å². The molecule has 0 spiro atoms. The fourth-order valence-electron chi connectivity index (χ4n) is 3.07. The maximum absolute atomic E-state index is 11.1. The van der Waals surface area contributed by atoms with Crippen molar-refractivity contribution in [3.05, 3.63) is 41.1 Å². The molecule has 0 aliphatic carbocycles. The lowest BCUT2D eigenvalue weighted by molar-refractivity contribution is -0.142. The SMILES string of the molecule is Cc1cc(N2CCC(C(=O)O)CC2)nc(Nc2ccc(C)c(C)c2)n1. The predicted molar refractivity (Wildman–Crippen MR) is 98.5 cm³/mol. The van der Waals surface area contributed by atoms with Gasteiger partial charge < -0.3 is 15.3 Å². The molecule has 0 atom stereocenters. The van der Waals surface area contributed by atoms with Crippen molar-refractivity contribution >= 4 is 23.4 Å². The lowest BCUT2D eigenvalue weighted by Crippen LogP contribution is -2.36. The van der Waals surface area contributed by atoms with Gasteiger partial charge >= 0.3 is 5.97 Å². The fraction of sp³-hybridized carbons (Fsp3) is 0.421. The fourth-order valence-corrected chi connectivity index (χ4v) is 3.07. The summed E-state index contributed by atoms with van der Waals surface area (Å²) in [6.45, 7) is 7.52. The second-order valence-corrected chi connectivity index (χ2v) is 6.71. The zero-order valence-corrected chi connectivity index (χ0v) is 14.9. The highest BCUT2D eigenvalue weighted by atomic mass is 16.4. The van der Waals surface area contributed by atoms with Gasteiger partial charge in [-0.15, -0.1) is 0 Å². The molecule has 1 aliphatic heterocycles. The number of benzene rings is 1. The largest absolute Gasteiger partial charge is 0.481 e. The van der Waals surface area contributed by atoms with Crippen molar-refractivity contribution in [1.29, 1.82) is 0 Å². The van der Waals surface area contributed by atoms with Crippen LogP contribution in [-0.2, 0) is 4.79 Å². The van der Waals surface area contributed by atoms with Crippen LogP contribution in [0.4, 0.5) is 17.5 Å². The molecule has 1 aromatic heterocycles. The number of nitrogens with one attached hydrogen (secondary N) is 1. The third-order valence-corrected chi connectivity index (χ3v) is 4.77. The number of aromatic nitrogens is 2. The molecule has 2 N–H and O–H groups in total. The van der Waals surface area contributed by atoms with Crippen LogP contribution in [0.5, 0.6) is 0 Å². The minimum atomic E-state index is -0.699. The van der Waals surface area contributed by atoms with E-state index in [0.717, 1.165) is 17.2 Å². The summed E-state index contributed by atoms with van der Waals surface area (Å²) in [4.78, 5) is 22.4. The summed E-state index contributed by atoms with van der Waals surface area (Å²) >= 11 is 0. The number of piperidine rings is 1. The van der Waals surface area contributed by atoms with E-state index in [-0.39, 0.29) is 5.92 Å². The summed E-state index contributed by atoms with van der Waals surface area (Å²) in [6, 6.07) is 8.13. The molecule has 1 fully saturated rings. The summed E-state index contributed by atoms with van der Waals surface area (Å²) in [5.74, 6) is 0.476. The van der Waals surface area contributed by atoms with Gasteiger partial charge in [-0.05, 0) is 56.9 Å². The molecule has 0 radical (unpaired) electrons. The molecule has 0 saturated carbocycles. The maximum atomic E-state index is 11.1. The van der Waals surface area contributed by atoms with Gasteiger partial charge in [-0.1, -0.05) is 6.07 Å². The molecular formula is C19H24N4O2. The first-order chi connectivity index (χ1) is 11.9. The molecule has 2 aromatic rings. The van der Waals surface area contributed by atoms with Crippen molar-refractivity contribution in [3.8, 4) is 0 Å². The van der Waals surface area contributed by atoms with Gasteiger partial charge in [0.25, 0.3) is 0 Å². The van der Waals surface area contributed by atoms with Crippen molar-refractivity contribution in [2.45, 2.75) is 33.6 Å². The molecule has 1 aliphatic rings. The van der Waals surface area contributed by atoms with Gasteiger partial charge in [-0.2, -0.15) is 4.98 Å².